The first-order valence-corrected chi connectivity index (χ1v) is 7.31. The fourth-order valence-corrected chi connectivity index (χ4v) is 2.07. The van der Waals surface area contributed by atoms with Gasteiger partial charge in [-0.05, 0) is 30.2 Å². The zero-order chi connectivity index (χ0) is 16.7. The Bertz CT molecular complexity index is 571. The number of hydrogen-bond donors (Lipinski definition) is 2. The summed E-state index contributed by atoms with van der Waals surface area (Å²) in [6.45, 7) is 3.65. The van der Waals surface area contributed by atoms with Gasteiger partial charge in [-0.1, -0.05) is 31.9 Å². The Morgan fingerprint density at radius 1 is 1.45 bits per heavy atom. The largest absolute Gasteiger partial charge is 0.496 e. The molecule has 1 amide bonds. The summed E-state index contributed by atoms with van der Waals surface area (Å²) in [5, 5.41) is 12.2. The van der Waals surface area contributed by atoms with Gasteiger partial charge in [-0.15, -0.1) is 0 Å². The third kappa shape index (κ3) is 5.07. The molecule has 5 nitrogen and oxygen atoms in total. The van der Waals surface area contributed by atoms with Crippen molar-refractivity contribution in [1.82, 2.24) is 5.32 Å². The Balaban J connectivity index is 2.83. The van der Waals surface area contributed by atoms with E-state index in [4.69, 9.17) is 21.4 Å². The van der Waals surface area contributed by atoms with Gasteiger partial charge in [0.25, 0.3) is 0 Å². The fraction of sp³-hybridized carbons (Fsp3) is 0.375. The molecule has 0 saturated heterocycles. The number of carbonyl (C=O) groups excluding carboxylic acids is 1. The van der Waals surface area contributed by atoms with Crippen molar-refractivity contribution in [2.24, 2.45) is 5.92 Å². The van der Waals surface area contributed by atoms with Gasteiger partial charge in [0.15, 0.2) is 0 Å². The highest BCUT2D eigenvalue weighted by Gasteiger charge is 2.24. The first kappa shape index (κ1) is 18.0. The second-order valence-corrected chi connectivity index (χ2v) is 5.37. The van der Waals surface area contributed by atoms with Gasteiger partial charge in [0.2, 0.25) is 5.91 Å². The highest BCUT2D eigenvalue weighted by atomic mass is 35.5. The molecular weight excluding hydrogens is 306 g/mol. The fourth-order valence-electron chi connectivity index (χ4n) is 1.89. The number of hydrogen-bond acceptors (Lipinski definition) is 3. The summed E-state index contributed by atoms with van der Waals surface area (Å²) in [4.78, 5) is 23.1. The number of carboxylic acid groups (broad SMARTS) is 1. The van der Waals surface area contributed by atoms with Gasteiger partial charge in [-0.25, -0.2) is 4.79 Å². The van der Waals surface area contributed by atoms with Crippen molar-refractivity contribution < 1.29 is 19.4 Å². The summed E-state index contributed by atoms with van der Waals surface area (Å²) in [6, 6.07) is 4.12. The van der Waals surface area contributed by atoms with Crippen LogP contribution in [0.2, 0.25) is 5.02 Å². The zero-order valence-electron chi connectivity index (χ0n) is 12.8. The summed E-state index contributed by atoms with van der Waals surface area (Å²) in [5.74, 6) is -1.10. The predicted octanol–water partition coefficient (Wildman–Crippen LogP) is 2.98. The molecule has 0 heterocycles. The maximum atomic E-state index is 11.9. The van der Waals surface area contributed by atoms with Gasteiger partial charge in [0.1, 0.15) is 11.8 Å². The number of halogens is 1. The molecular formula is C16H20ClNO4. The molecule has 1 aromatic carbocycles. The van der Waals surface area contributed by atoms with Gasteiger partial charge < -0.3 is 15.2 Å². The molecule has 6 heteroatoms. The van der Waals surface area contributed by atoms with Crippen molar-refractivity contribution >= 4 is 29.6 Å². The van der Waals surface area contributed by atoms with Crippen LogP contribution in [0.4, 0.5) is 0 Å². The average molecular weight is 326 g/mol. The van der Waals surface area contributed by atoms with Crippen molar-refractivity contribution in [2.45, 2.75) is 26.3 Å². The topological polar surface area (TPSA) is 75.6 Å². The van der Waals surface area contributed by atoms with E-state index < -0.39 is 17.9 Å². The van der Waals surface area contributed by atoms with Crippen molar-refractivity contribution in [3.63, 3.8) is 0 Å². The number of ether oxygens (including phenoxy) is 1. The first-order valence-electron chi connectivity index (χ1n) is 6.94. The Labute approximate surface area is 134 Å². The van der Waals surface area contributed by atoms with E-state index in [9.17, 15) is 9.59 Å². The number of rotatable bonds is 7. The first-order chi connectivity index (χ1) is 10.4. The molecule has 0 radical (unpaired) electrons. The molecule has 0 aliphatic carbocycles. The van der Waals surface area contributed by atoms with Crippen molar-refractivity contribution in [1.29, 1.82) is 0 Å². The van der Waals surface area contributed by atoms with Crippen LogP contribution in [-0.4, -0.2) is 30.1 Å². The Hall–Kier alpha value is -2.01. The number of amides is 1. The molecule has 2 unspecified atom stereocenters. The molecule has 0 aromatic heterocycles. The van der Waals surface area contributed by atoms with Crippen molar-refractivity contribution in [3.05, 3.63) is 34.9 Å². The minimum Gasteiger partial charge on any atom is -0.496 e. The standard InChI is InChI=1S/C16H20ClNO4/c1-4-10(2)15(16(20)21)18-14(19)8-5-11-9-12(17)6-7-13(11)22-3/h5-10,15H,4H2,1-3H3,(H,18,19)(H,20,21)/b8-5+. The molecule has 120 valence electrons. The third-order valence-electron chi connectivity index (χ3n) is 3.38. The van der Waals surface area contributed by atoms with Crippen LogP contribution < -0.4 is 10.1 Å². The molecule has 2 N–H and O–H groups in total. The van der Waals surface area contributed by atoms with E-state index in [2.05, 4.69) is 5.32 Å². The van der Waals surface area contributed by atoms with Gasteiger partial charge >= 0.3 is 5.97 Å². The summed E-state index contributed by atoms with van der Waals surface area (Å²) in [7, 11) is 1.52. The van der Waals surface area contributed by atoms with Crippen LogP contribution in [0.3, 0.4) is 0 Å². The van der Waals surface area contributed by atoms with Crippen LogP contribution in [0.25, 0.3) is 6.08 Å². The zero-order valence-corrected chi connectivity index (χ0v) is 13.6. The molecule has 0 spiro atoms. The Morgan fingerprint density at radius 2 is 2.14 bits per heavy atom. The average Bonchev–Trinajstić information content (AvgIpc) is 2.49. The number of aliphatic carboxylic acids is 1. The van der Waals surface area contributed by atoms with E-state index in [1.807, 2.05) is 6.92 Å². The second kappa shape index (κ2) is 8.44. The molecule has 0 fully saturated rings. The Kier molecular flexibility index (Phi) is 6.92. The van der Waals surface area contributed by atoms with E-state index in [0.29, 0.717) is 22.8 Å². The van der Waals surface area contributed by atoms with Crippen LogP contribution in [0.15, 0.2) is 24.3 Å². The van der Waals surface area contributed by atoms with E-state index >= 15 is 0 Å². The lowest BCUT2D eigenvalue weighted by atomic mass is 9.99. The number of carbonyl (C=O) groups is 2. The van der Waals surface area contributed by atoms with Crippen molar-refractivity contribution in [2.75, 3.05) is 7.11 Å². The lowest BCUT2D eigenvalue weighted by Gasteiger charge is -2.19. The van der Waals surface area contributed by atoms with Gasteiger partial charge in [-0.3, -0.25) is 4.79 Å². The van der Waals surface area contributed by atoms with Gasteiger partial charge in [0, 0.05) is 16.7 Å². The predicted molar refractivity (Wildman–Crippen MR) is 86.1 cm³/mol. The van der Waals surface area contributed by atoms with Crippen LogP contribution in [0.5, 0.6) is 5.75 Å². The van der Waals surface area contributed by atoms with Crippen LogP contribution >= 0.6 is 11.6 Å². The van der Waals surface area contributed by atoms with Crippen LogP contribution in [-0.2, 0) is 9.59 Å². The van der Waals surface area contributed by atoms with Crippen molar-refractivity contribution in [3.8, 4) is 5.75 Å². The highest BCUT2D eigenvalue weighted by molar-refractivity contribution is 6.30. The van der Waals surface area contributed by atoms with E-state index in [1.54, 1.807) is 25.1 Å². The van der Waals surface area contributed by atoms with Gasteiger partial charge in [-0.2, -0.15) is 0 Å². The monoisotopic (exact) mass is 325 g/mol. The highest BCUT2D eigenvalue weighted by Crippen LogP contribution is 2.23. The number of nitrogens with one attached hydrogen (secondary N) is 1. The number of carboxylic acids is 1. The number of benzene rings is 1. The summed E-state index contributed by atoms with van der Waals surface area (Å²) >= 11 is 5.91. The smallest absolute Gasteiger partial charge is 0.326 e. The second-order valence-electron chi connectivity index (χ2n) is 4.93. The third-order valence-corrected chi connectivity index (χ3v) is 3.62. The molecule has 1 aromatic rings. The van der Waals surface area contributed by atoms with E-state index in [0.717, 1.165) is 0 Å². The minimum absolute atomic E-state index is 0.157. The summed E-state index contributed by atoms with van der Waals surface area (Å²) in [5.41, 5.74) is 0.639. The molecule has 0 aliphatic rings. The SMILES string of the molecule is CCC(C)C(NC(=O)/C=C/c1cc(Cl)ccc1OC)C(=O)O. The van der Waals surface area contributed by atoms with E-state index in [1.165, 1.54) is 19.3 Å². The molecule has 0 saturated carbocycles. The maximum absolute atomic E-state index is 11.9. The molecule has 2 atom stereocenters. The number of methoxy groups -OCH3 is 1. The maximum Gasteiger partial charge on any atom is 0.326 e. The molecule has 1 rings (SSSR count). The van der Waals surface area contributed by atoms with Crippen LogP contribution in [0, 0.1) is 5.92 Å². The summed E-state index contributed by atoms with van der Waals surface area (Å²) < 4.78 is 5.17. The molecule has 0 bridgehead atoms. The van der Waals surface area contributed by atoms with Crippen LogP contribution in [0.1, 0.15) is 25.8 Å². The minimum atomic E-state index is -1.04. The van der Waals surface area contributed by atoms with E-state index in [-0.39, 0.29) is 5.92 Å². The lowest BCUT2D eigenvalue weighted by molar-refractivity contribution is -0.142. The molecule has 0 aliphatic heterocycles. The quantitative estimate of drug-likeness (QED) is 0.756. The summed E-state index contributed by atoms with van der Waals surface area (Å²) in [6.07, 6.45) is 3.46. The van der Waals surface area contributed by atoms with Gasteiger partial charge in [0.05, 0.1) is 7.11 Å². The normalized spacial score (nSPS) is 13.6. The lowest BCUT2D eigenvalue weighted by Crippen LogP contribution is -2.44. The Morgan fingerprint density at radius 3 is 2.68 bits per heavy atom. The molecule has 22 heavy (non-hydrogen) atoms.